The molecule has 1 aliphatic heterocycles. The first kappa shape index (κ1) is 14.8. The third-order valence-electron chi connectivity index (χ3n) is 4.12. The largest absolute Gasteiger partial charge is 0.496 e. The van der Waals surface area contributed by atoms with E-state index >= 15 is 0 Å². The van der Waals surface area contributed by atoms with Gasteiger partial charge in [0, 0.05) is 6.54 Å². The maximum Gasteiger partial charge on any atom is 0.297 e. The summed E-state index contributed by atoms with van der Waals surface area (Å²) in [5.41, 5.74) is 0.769. The minimum absolute atomic E-state index is 0.304. The predicted octanol–water partition coefficient (Wildman–Crippen LogP) is 1.93. The summed E-state index contributed by atoms with van der Waals surface area (Å²) >= 11 is 0. The molecule has 0 radical (unpaired) electrons. The second kappa shape index (κ2) is 6.40. The first-order chi connectivity index (χ1) is 11.8. The van der Waals surface area contributed by atoms with Gasteiger partial charge in [-0.15, -0.1) is 5.10 Å². The summed E-state index contributed by atoms with van der Waals surface area (Å²) < 4.78 is 12.5. The number of rotatable bonds is 4. The van der Waals surface area contributed by atoms with Crippen LogP contribution in [0.15, 0.2) is 35.1 Å². The molecule has 8 heteroatoms. The van der Waals surface area contributed by atoms with Gasteiger partial charge in [-0.2, -0.15) is 4.98 Å². The van der Waals surface area contributed by atoms with E-state index in [1.807, 2.05) is 28.9 Å². The zero-order chi connectivity index (χ0) is 16.4. The summed E-state index contributed by atoms with van der Waals surface area (Å²) in [6.07, 6.45) is 3.95. The lowest BCUT2D eigenvalue weighted by Gasteiger charge is -2.22. The van der Waals surface area contributed by atoms with E-state index in [4.69, 9.17) is 9.26 Å². The molecule has 1 aliphatic rings. The molecule has 1 N–H and O–H groups in total. The molecule has 24 heavy (non-hydrogen) atoms. The van der Waals surface area contributed by atoms with Gasteiger partial charge in [-0.25, -0.2) is 9.67 Å². The molecule has 0 spiro atoms. The number of methoxy groups -OCH3 is 1. The Labute approximate surface area is 138 Å². The van der Waals surface area contributed by atoms with E-state index in [1.54, 1.807) is 13.4 Å². The summed E-state index contributed by atoms with van der Waals surface area (Å²) in [7, 11) is 1.61. The summed E-state index contributed by atoms with van der Waals surface area (Å²) in [6.45, 7) is 1.96. The van der Waals surface area contributed by atoms with Crippen LogP contribution < -0.4 is 10.1 Å². The monoisotopic (exact) mass is 326 g/mol. The Morgan fingerprint density at radius 1 is 1.29 bits per heavy atom. The molecule has 3 heterocycles. The highest BCUT2D eigenvalue weighted by Crippen LogP contribution is 2.28. The van der Waals surface area contributed by atoms with Crippen molar-refractivity contribution >= 4 is 0 Å². The number of para-hydroxylation sites is 1. The van der Waals surface area contributed by atoms with Crippen molar-refractivity contribution in [2.75, 3.05) is 20.2 Å². The van der Waals surface area contributed by atoms with Gasteiger partial charge in [0.2, 0.25) is 11.6 Å². The van der Waals surface area contributed by atoms with Crippen LogP contribution in [0.3, 0.4) is 0 Å². The SMILES string of the molecule is COc1ccccc1-c1noc(-c2ncn(C3CCCNC3)n2)n1. The van der Waals surface area contributed by atoms with Crippen LogP contribution in [0, 0.1) is 0 Å². The number of benzene rings is 1. The van der Waals surface area contributed by atoms with Crippen molar-refractivity contribution in [3.63, 3.8) is 0 Å². The number of aromatic nitrogens is 5. The average molecular weight is 326 g/mol. The fourth-order valence-electron chi connectivity index (χ4n) is 2.86. The van der Waals surface area contributed by atoms with Crippen molar-refractivity contribution in [2.24, 2.45) is 0 Å². The van der Waals surface area contributed by atoms with Crippen molar-refractivity contribution in [3.8, 4) is 28.9 Å². The smallest absolute Gasteiger partial charge is 0.297 e. The molecule has 1 atom stereocenters. The van der Waals surface area contributed by atoms with E-state index < -0.39 is 0 Å². The number of nitrogens with one attached hydrogen (secondary N) is 1. The molecule has 0 saturated carbocycles. The van der Waals surface area contributed by atoms with Gasteiger partial charge in [0.05, 0.1) is 18.7 Å². The van der Waals surface area contributed by atoms with Crippen molar-refractivity contribution in [1.29, 1.82) is 0 Å². The van der Waals surface area contributed by atoms with Crippen molar-refractivity contribution in [2.45, 2.75) is 18.9 Å². The molecule has 3 aromatic rings. The molecule has 0 amide bonds. The second-order valence-electron chi connectivity index (χ2n) is 5.67. The molecule has 1 unspecified atom stereocenters. The molecular formula is C16H18N6O2. The molecule has 124 valence electrons. The zero-order valence-electron chi connectivity index (χ0n) is 13.3. The Kier molecular flexibility index (Phi) is 3.96. The minimum Gasteiger partial charge on any atom is -0.496 e. The molecule has 0 bridgehead atoms. The Morgan fingerprint density at radius 2 is 2.21 bits per heavy atom. The van der Waals surface area contributed by atoms with Crippen LogP contribution in [0.2, 0.25) is 0 Å². The Hall–Kier alpha value is -2.74. The zero-order valence-corrected chi connectivity index (χ0v) is 13.3. The van der Waals surface area contributed by atoms with Gasteiger partial charge in [0.1, 0.15) is 12.1 Å². The van der Waals surface area contributed by atoms with Gasteiger partial charge in [0.15, 0.2) is 0 Å². The Morgan fingerprint density at radius 3 is 3.04 bits per heavy atom. The van der Waals surface area contributed by atoms with Crippen LogP contribution in [0.4, 0.5) is 0 Å². The number of ether oxygens (including phenoxy) is 1. The fraction of sp³-hybridized carbons (Fsp3) is 0.375. The summed E-state index contributed by atoms with van der Waals surface area (Å²) in [6, 6.07) is 7.85. The van der Waals surface area contributed by atoms with Crippen LogP contribution in [0.5, 0.6) is 5.75 Å². The number of hydrogen-bond acceptors (Lipinski definition) is 7. The fourth-order valence-corrected chi connectivity index (χ4v) is 2.86. The average Bonchev–Trinajstić information content (AvgIpc) is 3.32. The number of piperidine rings is 1. The lowest BCUT2D eigenvalue weighted by molar-refractivity contribution is 0.345. The minimum atomic E-state index is 0.304. The van der Waals surface area contributed by atoms with Crippen LogP contribution in [0.1, 0.15) is 18.9 Å². The van der Waals surface area contributed by atoms with E-state index in [1.165, 1.54) is 0 Å². The standard InChI is InChI=1S/C16H18N6O2/c1-23-13-7-3-2-6-12(13)14-19-16(24-21-14)15-18-10-22(20-15)11-5-4-8-17-9-11/h2-3,6-7,10-11,17H,4-5,8-9H2,1H3. The molecule has 1 aromatic carbocycles. The van der Waals surface area contributed by atoms with Gasteiger partial charge in [-0.1, -0.05) is 17.3 Å². The summed E-state index contributed by atoms with van der Waals surface area (Å²) in [5, 5.41) is 11.9. The van der Waals surface area contributed by atoms with E-state index in [9.17, 15) is 0 Å². The third-order valence-corrected chi connectivity index (χ3v) is 4.12. The van der Waals surface area contributed by atoms with Gasteiger partial charge in [-0.05, 0) is 31.5 Å². The van der Waals surface area contributed by atoms with E-state index in [2.05, 4.69) is 25.5 Å². The van der Waals surface area contributed by atoms with Crippen LogP contribution in [0.25, 0.3) is 23.1 Å². The van der Waals surface area contributed by atoms with Gasteiger partial charge < -0.3 is 14.6 Å². The third kappa shape index (κ3) is 2.76. The maximum atomic E-state index is 5.33. The topological polar surface area (TPSA) is 90.9 Å². The highest BCUT2D eigenvalue weighted by Gasteiger charge is 2.20. The molecule has 0 aliphatic carbocycles. The van der Waals surface area contributed by atoms with Crippen LogP contribution >= 0.6 is 0 Å². The van der Waals surface area contributed by atoms with E-state index in [0.717, 1.165) is 31.5 Å². The second-order valence-corrected chi connectivity index (χ2v) is 5.67. The predicted molar refractivity (Wildman–Crippen MR) is 86.4 cm³/mol. The van der Waals surface area contributed by atoms with Crippen LogP contribution in [-0.2, 0) is 0 Å². The van der Waals surface area contributed by atoms with Crippen molar-refractivity contribution < 1.29 is 9.26 Å². The van der Waals surface area contributed by atoms with Gasteiger partial charge in [-0.3, -0.25) is 0 Å². The molecule has 2 aromatic heterocycles. The van der Waals surface area contributed by atoms with Crippen molar-refractivity contribution in [3.05, 3.63) is 30.6 Å². The Balaban J connectivity index is 1.60. The Bertz CT molecular complexity index is 821. The highest BCUT2D eigenvalue weighted by molar-refractivity contribution is 5.64. The first-order valence-corrected chi connectivity index (χ1v) is 7.94. The van der Waals surface area contributed by atoms with Crippen molar-refractivity contribution in [1.82, 2.24) is 30.2 Å². The van der Waals surface area contributed by atoms with Gasteiger partial charge in [0.25, 0.3) is 5.89 Å². The lowest BCUT2D eigenvalue weighted by atomic mass is 10.1. The first-order valence-electron chi connectivity index (χ1n) is 7.94. The highest BCUT2D eigenvalue weighted by atomic mass is 16.5. The summed E-state index contributed by atoms with van der Waals surface area (Å²) in [4.78, 5) is 8.71. The lowest BCUT2D eigenvalue weighted by Crippen LogP contribution is -2.31. The number of nitrogens with zero attached hydrogens (tertiary/aromatic N) is 5. The van der Waals surface area contributed by atoms with E-state index in [0.29, 0.717) is 29.3 Å². The number of hydrogen-bond donors (Lipinski definition) is 1. The normalized spacial score (nSPS) is 17.8. The molecule has 1 fully saturated rings. The maximum absolute atomic E-state index is 5.33. The molecular weight excluding hydrogens is 308 g/mol. The summed E-state index contributed by atoms with van der Waals surface area (Å²) in [5.74, 6) is 1.89. The molecule has 1 saturated heterocycles. The molecule has 8 nitrogen and oxygen atoms in total. The van der Waals surface area contributed by atoms with Gasteiger partial charge >= 0.3 is 0 Å². The quantitative estimate of drug-likeness (QED) is 0.783. The molecule has 4 rings (SSSR count). The van der Waals surface area contributed by atoms with E-state index in [-0.39, 0.29) is 0 Å². The van der Waals surface area contributed by atoms with Crippen LogP contribution in [-0.4, -0.2) is 45.1 Å².